The number of nitrogens with one attached hydrogen (secondary N) is 1. The summed E-state index contributed by atoms with van der Waals surface area (Å²) in [6, 6.07) is 8.31. The molecule has 3 heteroatoms. The molecule has 1 aromatic carbocycles. The fourth-order valence-electron chi connectivity index (χ4n) is 2.16. The van der Waals surface area contributed by atoms with Gasteiger partial charge in [0, 0.05) is 24.7 Å². The van der Waals surface area contributed by atoms with Gasteiger partial charge in [-0.3, -0.25) is 0 Å². The summed E-state index contributed by atoms with van der Waals surface area (Å²) in [4.78, 5) is 0. The van der Waals surface area contributed by atoms with Gasteiger partial charge in [-0.1, -0.05) is 19.9 Å². The molecule has 3 nitrogen and oxygen atoms in total. The molecule has 98 valence electrons. The predicted octanol–water partition coefficient (Wildman–Crippen LogP) is 2.90. The second kappa shape index (κ2) is 5.91. The molecule has 0 amide bonds. The number of hydrogen-bond donors (Lipinski definition) is 1. The molecule has 18 heavy (non-hydrogen) atoms. The fourth-order valence-corrected chi connectivity index (χ4v) is 2.16. The number of aromatic nitrogens is 1. The molecule has 0 atom stereocenters. The Kier molecular flexibility index (Phi) is 4.26. The average molecular weight is 246 g/mol. The van der Waals surface area contributed by atoms with Crippen LogP contribution in [0.2, 0.25) is 0 Å². The summed E-state index contributed by atoms with van der Waals surface area (Å²) >= 11 is 0. The summed E-state index contributed by atoms with van der Waals surface area (Å²) in [6.07, 6.45) is 2.13. The molecule has 0 aliphatic carbocycles. The number of benzene rings is 1. The summed E-state index contributed by atoms with van der Waals surface area (Å²) in [6.45, 7) is 7.51. The van der Waals surface area contributed by atoms with E-state index in [-0.39, 0.29) is 0 Å². The van der Waals surface area contributed by atoms with E-state index < -0.39 is 0 Å². The fraction of sp³-hybridized carbons (Fsp3) is 0.467. The van der Waals surface area contributed by atoms with Gasteiger partial charge < -0.3 is 14.6 Å². The summed E-state index contributed by atoms with van der Waals surface area (Å²) < 4.78 is 7.64. The van der Waals surface area contributed by atoms with Crippen molar-refractivity contribution in [1.29, 1.82) is 0 Å². The Morgan fingerprint density at radius 1 is 1.28 bits per heavy atom. The molecule has 0 radical (unpaired) electrons. The van der Waals surface area contributed by atoms with Crippen molar-refractivity contribution in [2.24, 2.45) is 5.92 Å². The molecule has 2 rings (SSSR count). The van der Waals surface area contributed by atoms with Crippen molar-refractivity contribution < 1.29 is 4.74 Å². The zero-order valence-electron chi connectivity index (χ0n) is 11.4. The first kappa shape index (κ1) is 13.0. The first-order valence-corrected chi connectivity index (χ1v) is 6.55. The number of ether oxygens (including phenoxy) is 1. The Bertz CT molecular complexity index is 502. The van der Waals surface area contributed by atoms with Crippen molar-refractivity contribution in [2.75, 3.05) is 20.2 Å². The largest absolute Gasteiger partial charge is 0.496 e. The number of fused-ring (bicyclic) bond motifs is 1. The maximum Gasteiger partial charge on any atom is 0.128 e. The lowest BCUT2D eigenvalue weighted by Gasteiger charge is -2.09. The van der Waals surface area contributed by atoms with Crippen LogP contribution in [0.15, 0.2) is 30.5 Å². The molecular formula is C15H22N2O. The first-order valence-electron chi connectivity index (χ1n) is 6.55. The third-order valence-electron chi connectivity index (χ3n) is 3.08. The minimum Gasteiger partial charge on any atom is -0.496 e. The molecule has 0 aliphatic heterocycles. The molecule has 0 saturated heterocycles. The second-order valence-corrected chi connectivity index (χ2v) is 5.00. The van der Waals surface area contributed by atoms with E-state index in [0.717, 1.165) is 25.4 Å². The average Bonchev–Trinajstić information content (AvgIpc) is 2.77. The third-order valence-corrected chi connectivity index (χ3v) is 3.08. The van der Waals surface area contributed by atoms with E-state index in [2.05, 4.69) is 42.1 Å². The maximum atomic E-state index is 5.37. The van der Waals surface area contributed by atoms with Gasteiger partial charge in [0.25, 0.3) is 0 Å². The van der Waals surface area contributed by atoms with Gasteiger partial charge in [-0.15, -0.1) is 0 Å². The van der Waals surface area contributed by atoms with E-state index in [1.54, 1.807) is 7.11 Å². The number of rotatable bonds is 6. The monoisotopic (exact) mass is 246 g/mol. The highest BCUT2D eigenvalue weighted by atomic mass is 16.5. The molecule has 0 fully saturated rings. The highest BCUT2D eigenvalue weighted by molar-refractivity contribution is 5.86. The zero-order chi connectivity index (χ0) is 13.0. The summed E-state index contributed by atoms with van der Waals surface area (Å²) in [5.41, 5.74) is 1.24. The topological polar surface area (TPSA) is 26.2 Å². The summed E-state index contributed by atoms with van der Waals surface area (Å²) in [7, 11) is 1.72. The van der Waals surface area contributed by atoms with Crippen LogP contribution in [0.4, 0.5) is 0 Å². The Hall–Kier alpha value is -1.48. The molecular weight excluding hydrogens is 224 g/mol. The van der Waals surface area contributed by atoms with E-state index in [9.17, 15) is 0 Å². The molecule has 0 aliphatic rings. The van der Waals surface area contributed by atoms with E-state index in [1.807, 2.05) is 12.1 Å². The van der Waals surface area contributed by atoms with Gasteiger partial charge >= 0.3 is 0 Å². The van der Waals surface area contributed by atoms with Crippen molar-refractivity contribution in [3.8, 4) is 5.75 Å². The van der Waals surface area contributed by atoms with Gasteiger partial charge in [0.15, 0.2) is 0 Å². The summed E-state index contributed by atoms with van der Waals surface area (Å²) in [5.74, 6) is 1.65. The van der Waals surface area contributed by atoms with Gasteiger partial charge in [0.05, 0.1) is 12.6 Å². The normalized spacial score (nSPS) is 11.3. The van der Waals surface area contributed by atoms with E-state index >= 15 is 0 Å². The highest BCUT2D eigenvalue weighted by Crippen LogP contribution is 2.25. The van der Waals surface area contributed by atoms with Gasteiger partial charge in [-0.05, 0) is 30.7 Å². The van der Waals surface area contributed by atoms with Gasteiger partial charge in [0.2, 0.25) is 0 Å². The number of hydrogen-bond acceptors (Lipinski definition) is 2. The van der Waals surface area contributed by atoms with Crippen LogP contribution in [0.3, 0.4) is 0 Å². The lowest BCUT2D eigenvalue weighted by Crippen LogP contribution is -2.23. The lowest BCUT2D eigenvalue weighted by molar-refractivity contribution is 0.420. The van der Waals surface area contributed by atoms with Crippen LogP contribution in [-0.4, -0.2) is 24.8 Å². The first-order chi connectivity index (χ1) is 8.72. The molecule has 0 bridgehead atoms. The number of nitrogens with zero attached hydrogens (tertiary/aromatic N) is 1. The maximum absolute atomic E-state index is 5.37. The van der Waals surface area contributed by atoms with E-state index in [1.165, 1.54) is 10.9 Å². The van der Waals surface area contributed by atoms with Crippen LogP contribution in [0.5, 0.6) is 5.75 Å². The predicted molar refractivity (Wildman–Crippen MR) is 76.2 cm³/mol. The minimum absolute atomic E-state index is 0.700. The van der Waals surface area contributed by atoms with Crippen LogP contribution in [0.25, 0.3) is 10.9 Å². The Balaban J connectivity index is 2.05. The molecule has 0 unspecified atom stereocenters. The van der Waals surface area contributed by atoms with E-state index in [4.69, 9.17) is 4.74 Å². The molecule has 2 aromatic rings. The SMILES string of the molecule is COc1cccc2c1ccn2CCNCC(C)C. The van der Waals surface area contributed by atoms with Crippen LogP contribution >= 0.6 is 0 Å². The van der Waals surface area contributed by atoms with Crippen molar-refractivity contribution in [1.82, 2.24) is 9.88 Å². The quantitative estimate of drug-likeness (QED) is 0.793. The third kappa shape index (κ3) is 2.85. The van der Waals surface area contributed by atoms with Crippen LogP contribution < -0.4 is 10.1 Å². The standard InChI is InChI=1S/C15H22N2O/c1-12(2)11-16-8-10-17-9-7-13-14(17)5-4-6-15(13)18-3/h4-7,9,12,16H,8,10-11H2,1-3H3. The molecule has 1 heterocycles. The molecule has 0 spiro atoms. The zero-order valence-corrected chi connectivity index (χ0v) is 11.4. The highest BCUT2D eigenvalue weighted by Gasteiger charge is 2.05. The summed E-state index contributed by atoms with van der Waals surface area (Å²) in [5, 5.41) is 4.65. The van der Waals surface area contributed by atoms with Gasteiger partial charge in [-0.25, -0.2) is 0 Å². The Morgan fingerprint density at radius 2 is 2.11 bits per heavy atom. The molecule has 1 N–H and O–H groups in total. The minimum atomic E-state index is 0.700. The van der Waals surface area contributed by atoms with Crippen molar-refractivity contribution >= 4 is 10.9 Å². The van der Waals surface area contributed by atoms with Crippen molar-refractivity contribution in [3.63, 3.8) is 0 Å². The Morgan fingerprint density at radius 3 is 2.83 bits per heavy atom. The van der Waals surface area contributed by atoms with Gasteiger partial charge in [-0.2, -0.15) is 0 Å². The van der Waals surface area contributed by atoms with Crippen LogP contribution in [0.1, 0.15) is 13.8 Å². The van der Waals surface area contributed by atoms with Crippen LogP contribution in [0, 0.1) is 5.92 Å². The van der Waals surface area contributed by atoms with Crippen molar-refractivity contribution in [3.05, 3.63) is 30.5 Å². The van der Waals surface area contributed by atoms with E-state index in [0.29, 0.717) is 5.92 Å². The second-order valence-electron chi connectivity index (χ2n) is 5.00. The molecule has 0 saturated carbocycles. The number of methoxy groups -OCH3 is 1. The Labute approximate surface area is 109 Å². The lowest BCUT2D eigenvalue weighted by atomic mass is 10.2. The van der Waals surface area contributed by atoms with Gasteiger partial charge in [0.1, 0.15) is 5.75 Å². The molecule has 1 aromatic heterocycles. The van der Waals surface area contributed by atoms with Crippen LogP contribution in [-0.2, 0) is 6.54 Å². The smallest absolute Gasteiger partial charge is 0.128 e. The van der Waals surface area contributed by atoms with Crippen molar-refractivity contribution in [2.45, 2.75) is 20.4 Å².